The number of nitrogens with one attached hydrogen (secondary N) is 3. The van der Waals surface area contributed by atoms with E-state index >= 15 is 0 Å². The Balaban J connectivity index is 1.95. The number of sulfonamides is 1. The monoisotopic (exact) mass is 329 g/mol. The number of halogens is 1. The summed E-state index contributed by atoms with van der Waals surface area (Å²) in [5.74, 6) is -0.502. The van der Waals surface area contributed by atoms with Gasteiger partial charge in [-0.25, -0.2) is 12.8 Å². The maximum atomic E-state index is 13.6. The van der Waals surface area contributed by atoms with E-state index in [-0.39, 0.29) is 17.2 Å². The number of hydrogen-bond donors (Lipinski definition) is 3. The molecule has 0 saturated carbocycles. The topological polar surface area (TPSA) is 87.3 Å². The first kappa shape index (κ1) is 16.7. The molecular weight excluding hydrogens is 309 g/mol. The lowest BCUT2D eigenvalue weighted by molar-refractivity contribution is 0.0951. The molecule has 1 aliphatic rings. The second-order valence-corrected chi connectivity index (χ2v) is 7.22. The Morgan fingerprint density at radius 2 is 2.23 bits per heavy atom. The normalized spacial score (nSPS) is 18.2. The number of carbonyl (C=O) groups excluding carboxylic acids is 1. The highest BCUT2D eigenvalue weighted by Crippen LogP contribution is 2.17. The van der Waals surface area contributed by atoms with Gasteiger partial charge in [0.1, 0.15) is 5.82 Å². The summed E-state index contributed by atoms with van der Waals surface area (Å²) in [6, 6.07) is 3.60. The minimum Gasteiger partial charge on any atom is -0.352 e. The van der Waals surface area contributed by atoms with Crippen LogP contribution in [-0.2, 0) is 10.0 Å². The molecule has 0 spiro atoms. The van der Waals surface area contributed by atoms with Gasteiger partial charge in [-0.1, -0.05) is 0 Å². The highest BCUT2D eigenvalue weighted by molar-refractivity contribution is 7.92. The van der Waals surface area contributed by atoms with Crippen LogP contribution in [0.1, 0.15) is 23.2 Å². The Labute approximate surface area is 129 Å². The molecule has 6 nitrogen and oxygen atoms in total. The second kappa shape index (κ2) is 7.06. The van der Waals surface area contributed by atoms with Gasteiger partial charge in [-0.2, -0.15) is 0 Å². The average molecular weight is 329 g/mol. The van der Waals surface area contributed by atoms with Crippen LogP contribution >= 0.6 is 0 Å². The van der Waals surface area contributed by atoms with Crippen LogP contribution < -0.4 is 15.4 Å². The fourth-order valence-electron chi connectivity index (χ4n) is 2.40. The number of amides is 1. The van der Waals surface area contributed by atoms with Gasteiger partial charge in [0, 0.05) is 12.1 Å². The quantitative estimate of drug-likeness (QED) is 0.724. The number of carbonyl (C=O) groups is 1. The van der Waals surface area contributed by atoms with Gasteiger partial charge < -0.3 is 10.6 Å². The first-order valence-corrected chi connectivity index (χ1v) is 9.00. The van der Waals surface area contributed by atoms with Crippen molar-refractivity contribution in [1.29, 1.82) is 0 Å². The molecule has 0 aromatic heterocycles. The molecule has 0 radical (unpaired) electrons. The van der Waals surface area contributed by atoms with Crippen molar-refractivity contribution in [3.05, 3.63) is 29.6 Å². The molecule has 1 aromatic rings. The lowest BCUT2D eigenvalue weighted by Gasteiger charge is -2.11. The lowest BCUT2D eigenvalue weighted by Crippen LogP contribution is -2.26. The number of rotatable bonds is 6. The zero-order valence-electron chi connectivity index (χ0n) is 12.4. The molecule has 0 aliphatic carbocycles. The molecule has 1 amide bonds. The van der Waals surface area contributed by atoms with Gasteiger partial charge in [-0.3, -0.25) is 9.52 Å². The fraction of sp³-hybridized carbons (Fsp3) is 0.500. The van der Waals surface area contributed by atoms with Crippen molar-refractivity contribution >= 4 is 21.6 Å². The van der Waals surface area contributed by atoms with Crippen LogP contribution in [0, 0.1) is 11.7 Å². The van der Waals surface area contributed by atoms with Crippen LogP contribution in [-0.4, -0.2) is 40.2 Å². The van der Waals surface area contributed by atoms with E-state index in [9.17, 15) is 17.6 Å². The average Bonchev–Trinajstić information content (AvgIpc) is 2.93. The van der Waals surface area contributed by atoms with Gasteiger partial charge in [0.2, 0.25) is 10.0 Å². The van der Waals surface area contributed by atoms with Crippen LogP contribution in [0.5, 0.6) is 0 Å². The van der Waals surface area contributed by atoms with Gasteiger partial charge >= 0.3 is 0 Å². The van der Waals surface area contributed by atoms with Crippen molar-refractivity contribution in [1.82, 2.24) is 10.6 Å². The number of hydrogen-bond acceptors (Lipinski definition) is 4. The Bertz CT molecular complexity index is 643. The van der Waals surface area contributed by atoms with Crippen molar-refractivity contribution in [2.75, 3.05) is 30.6 Å². The summed E-state index contributed by atoms with van der Waals surface area (Å²) < 4.78 is 37.9. The summed E-state index contributed by atoms with van der Waals surface area (Å²) >= 11 is 0. The van der Waals surface area contributed by atoms with Gasteiger partial charge in [0.15, 0.2) is 0 Å². The minimum absolute atomic E-state index is 0.220. The zero-order chi connectivity index (χ0) is 16.2. The SMILES string of the molecule is CS(=O)(=O)Nc1cc(C(=O)NCCC2CCNC2)ccc1F. The zero-order valence-corrected chi connectivity index (χ0v) is 13.2. The predicted octanol–water partition coefficient (Wildman–Crippen LogP) is 0.927. The van der Waals surface area contributed by atoms with Gasteiger partial charge in [-0.05, 0) is 50.0 Å². The van der Waals surface area contributed by atoms with E-state index in [4.69, 9.17) is 0 Å². The standard InChI is InChI=1S/C14H20FN3O3S/c1-22(20,21)18-13-8-11(2-3-12(13)15)14(19)17-7-5-10-4-6-16-9-10/h2-3,8,10,16,18H,4-7,9H2,1H3,(H,17,19). The van der Waals surface area contributed by atoms with Crippen molar-refractivity contribution in [3.63, 3.8) is 0 Å². The van der Waals surface area contributed by atoms with Crippen molar-refractivity contribution in [2.45, 2.75) is 12.8 Å². The van der Waals surface area contributed by atoms with Crippen LogP contribution in [0.2, 0.25) is 0 Å². The molecule has 2 rings (SSSR count). The Hall–Kier alpha value is -1.67. The predicted molar refractivity (Wildman–Crippen MR) is 82.8 cm³/mol. The molecule has 22 heavy (non-hydrogen) atoms. The van der Waals surface area contributed by atoms with E-state index in [0.29, 0.717) is 12.5 Å². The molecule has 8 heteroatoms. The summed E-state index contributed by atoms with van der Waals surface area (Å²) in [4.78, 5) is 12.0. The van der Waals surface area contributed by atoms with Crippen LogP contribution in [0.3, 0.4) is 0 Å². The summed E-state index contributed by atoms with van der Waals surface area (Å²) in [5, 5.41) is 6.03. The third-order valence-electron chi connectivity index (χ3n) is 3.52. The highest BCUT2D eigenvalue weighted by Gasteiger charge is 2.15. The van der Waals surface area contributed by atoms with Gasteiger partial charge in [-0.15, -0.1) is 0 Å². The maximum absolute atomic E-state index is 13.6. The number of anilines is 1. The van der Waals surface area contributed by atoms with Crippen molar-refractivity contribution in [2.24, 2.45) is 5.92 Å². The maximum Gasteiger partial charge on any atom is 0.251 e. The first-order chi connectivity index (χ1) is 10.3. The van der Waals surface area contributed by atoms with Crippen molar-refractivity contribution < 1.29 is 17.6 Å². The first-order valence-electron chi connectivity index (χ1n) is 7.11. The summed E-state index contributed by atoms with van der Waals surface area (Å²) in [6.45, 7) is 2.52. The largest absolute Gasteiger partial charge is 0.352 e. The van der Waals surface area contributed by atoms with E-state index in [0.717, 1.165) is 38.3 Å². The smallest absolute Gasteiger partial charge is 0.251 e. The molecule has 1 atom stereocenters. The fourth-order valence-corrected chi connectivity index (χ4v) is 2.95. The van der Waals surface area contributed by atoms with E-state index in [1.165, 1.54) is 12.1 Å². The molecule has 1 aromatic carbocycles. The van der Waals surface area contributed by atoms with Gasteiger partial charge in [0.05, 0.1) is 11.9 Å². The molecule has 122 valence electrons. The molecule has 0 bridgehead atoms. The van der Waals surface area contributed by atoms with E-state index in [1.807, 2.05) is 0 Å². The molecule has 1 fully saturated rings. The Morgan fingerprint density at radius 1 is 1.45 bits per heavy atom. The Morgan fingerprint density at radius 3 is 2.86 bits per heavy atom. The number of benzene rings is 1. The molecule has 1 unspecified atom stereocenters. The molecule has 1 heterocycles. The summed E-state index contributed by atoms with van der Waals surface area (Å²) in [5.41, 5.74) is -0.00719. The molecule has 3 N–H and O–H groups in total. The summed E-state index contributed by atoms with van der Waals surface area (Å²) in [7, 11) is -3.60. The summed E-state index contributed by atoms with van der Waals surface area (Å²) in [6.07, 6.45) is 2.91. The molecular formula is C14H20FN3O3S. The van der Waals surface area contributed by atoms with E-state index in [2.05, 4.69) is 15.4 Å². The highest BCUT2D eigenvalue weighted by atomic mass is 32.2. The molecule has 1 aliphatic heterocycles. The molecule has 1 saturated heterocycles. The van der Waals surface area contributed by atoms with Crippen molar-refractivity contribution in [3.8, 4) is 0 Å². The minimum atomic E-state index is -3.60. The third kappa shape index (κ3) is 4.96. The van der Waals surface area contributed by atoms with Crippen LogP contribution in [0.25, 0.3) is 0 Å². The Kier molecular flexibility index (Phi) is 5.36. The second-order valence-electron chi connectivity index (χ2n) is 5.47. The van der Waals surface area contributed by atoms with Crippen LogP contribution in [0.4, 0.5) is 10.1 Å². The van der Waals surface area contributed by atoms with E-state index in [1.54, 1.807) is 0 Å². The van der Waals surface area contributed by atoms with E-state index < -0.39 is 15.8 Å². The third-order valence-corrected chi connectivity index (χ3v) is 4.12. The van der Waals surface area contributed by atoms with Gasteiger partial charge in [0.25, 0.3) is 5.91 Å². The lowest BCUT2D eigenvalue weighted by atomic mass is 10.1. The van der Waals surface area contributed by atoms with Crippen LogP contribution in [0.15, 0.2) is 18.2 Å².